The van der Waals surface area contributed by atoms with Crippen LogP contribution >= 0.6 is 0 Å². The predicted octanol–water partition coefficient (Wildman–Crippen LogP) is 4.07. The number of allylic oxidation sites excluding steroid dienone is 1. The second kappa shape index (κ2) is 8.07. The van der Waals surface area contributed by atoms with Gasteiger partial charge in [-0.25, -0.2) is 0 Å². The Bertz CT molecular complexity index is 1110. The first-order valence-electron chi connectivity index (χ1n) is 15.2. The quantitative estimate of drug-likeness (QED) is 0.498. The van der Waals surface area contributed by atoms with Crippen molar-refractivity contribution in [1.82, 2.24) is 0 Å². The third-order valence-electron chi connectivity index (χ3n) is 11.9. The van der Waals surface area contributed by atoms with E-state index in [0.717, 1.165) is 44.3 Å². The van der Waals surface area contributed by atoms with Crippen LogP contribution in [0.15, 0.2) is 11.3 Å². The molecule has 6 fully saturated rings. The van der Waals surface area contributed by atoms with Gasteiger partial charge >= 0.3 is 0 Å². The fourth-order valence-electron chi connectivity index (χ4n) is 10.8. The lowest BCUT2D eigenvalue weighted by Gasteiger charge is -2.77. The monoisotopic (exact) mass is 546 g/mol. The average Bonchev–Trinajstić information content (AvgIpc) is 2.95. The van der Waals surface area contributed by atoms with E-state index >= 15 is 0 Å². The van der Waals surface area contributed by atoms with E-state index in [0.29, 0.717) is 19.6 Å². The summed E-state index contributed by atoms with van der Waals surface area (Å²) >= 11 is 0. The molecule has 0 aromatic carbocycles. The molecule has 0 amide bonds. The molecule has 8 nitrogen and oxygen atoms in total. The lowest BCUT2D eigenvalue weighted by Crippen LogP contribution is -2.87. The number of unbranched alkanes of at least 4 members (excludes halogenated alkanes) is 1. The van der Waals surface area contributed by atoms with Gasteiger partial charge in [-0.3, -0.25) is 4.79 Å². The van der Waals surface area contributed by atoms with Crippen molar-refractivity contribution < 1.29 is 38.7 Å². The third-order valence-corrected chi connectivity index (χ3v) is 11.9. The number of aliphatic hydroxyl groups excluding tert-OH is 2. The van der Waals surface area contributed by atoms with Gasteiger partial charge in [-0.1, -0.05) is 27.7 Å². The Morgan fingerprint density at radius 3 is 2.56 bits per heavy atom. The number of carbonyl (C=O) groups excluding carboxylic acids is 1. The number of rotatable bonds is 5. The van der Waals surface area contributed by atoms with Gasteiger partial charge in [0.2, 0.25) is 5.79 Å². The van der Waals surface area contributed by atoms with Crippen molar-refractivity contribution in [3.63, 3.8) is 0 Å². The SMILES string of the molecule is CC1(C)OC2C3CCC4C56COC(O1)(C(O)C5C(C)(C)CC1=C6OC(OCCCCO)CC1)C24C(=O)C3(C)C. The van der Waals surface area contributed by atoms with Crippen LogP contribution in [-0.4, -0.2) is 65.9 Å². The third kappa shape index (κ3) is 2.99. The maximum atomic E-state index is 14.8. The normalized spacial score (nSPS) is 49.7. The van der Waals surface area contributed by atoms with Crippen molar-refractivity contribution in [1.29, 1.82) is 0 Å². The van der Waals surface area contributed by atoms with E-state index in [1.807, 2.05) is 27.7 Å². The number of carbonyl (C=O) groups is 1. The van der Waals surface area contributed by atoms with Gasteiger partial charge in [-0.15, -0.1) is 0 Å². The molecule has 9 unspecified atom stereocenters. The van der Waals surface area contributed by atoms with E-state index < -0.39 is 40.0 Å². The summed E-state index contributed by atoms with van der Waals surface area (Å²) < 4.78 is 33.3. The van der Waals surface area contributed by atoms with Crippen LogP contribution in [0.3, 0.4) is 0 Å². The van der Waals surface area contributed by atoms with Crippen molar-refractivity contribution in [3.05, 3.63) is 11.3 Å². The van der Waals surface area contributed by atoms with Crippen molar-refractivity contribution in [2.24, 2.45) is 39.4 Å². The van der Waals surface area contributed by atoms with Gasteiger partial charge in [0.05, 0.1) is 24.7 Å². The summed E-state index contributed by atoms with van der Waals surface area (Å²) in [5, 5.41) is 21.7. The molecule has 4 aliphatic carbocycles. The van der Waals surface area contributed by atoms with E-state index in [4.69, 9.17) is 23.7 Å². The van der Waals surface area contributed by atoms with Gasteiger partial charge in [0.15, 0.2) is 17.9 Å². The summed E-state index contributed by atoms with van der Waals surface area (Å²) in [5.41, 5.74) is -1.36. The molecule has 4 bridgehead atoms. The van der Waals surface area contributed by atoms with E-state index in [2.05, 4.69) is 13.8 Å². The zero-order valence-electron chi connectivity index (χ0n) is 24.4. The molecule has 8 rings (SSSR count). The maximum Gasteiger partial charge on any atom is 0.213 e. The van der Waals surface area contributed by atoms with Gasteiger partial charge in [0.1, 0.15) is 17.3 Å². The highest BCUT2D eigenvalue weighted by Crippen LogP contribution is 2.81. The van der Waals surface area contributed by atoms with Crippen LogP contribution in [0.4, 0.5) is 0 Å². The second-order valence-corrected chi connectivity index (χ2v) is 15.1. The van der Waals surface area contributed by atoms with Crippen LogP contribution in [0.2, 0.25) is 0 Å². The van der Waals surface area contributed by atoms with E-state index in [9.17, 15) is 15.0 Å². The molecular formula is C31H46O8. The Hall–Kier alpha value is -1.03. The molecule has 8 aliphatic rings. The molecule has 0 aromatic rings. The molecule has 4 aliphatic heterocycles. The average molecular weight is 547 g/mol. The first kappa shape index (κ1) is 26.8. The van der Waals surface area contributed by atoms with Crippen molar-refractivity contribution in [2.75, 3.05) is 19.8 Å². The van der Waals surface area contributed by atoms with Crippen molar-refractivity contribution >= 4 is 5.78 Å². The van der Waals surface area contributed by atoms with Gasteiger partial charge < -0.3 is 33.9 Å². The van der Waals surface area contributed by atoms with E-state index in [1.165, 1.54) is 5.57 Å². The molecule has 3 saturated heterocycles. The first-order valence-corrected chi connectivity index (χ1v) is 15.2. The lowest BCUT2D eigenvalue weighted by atomic mass is 9.36. The highest BCUT2D eigenvalue weighted by Gasteiger charge is 2.91. The first-order chi connectivity index (χ1) is 18.3. The van der Waals surface area contributed by atoms with Crippen LogP contribution in [-0.2, 0) is 28.5 Å². The molecule has 3 saturated carbocycles. The number of hydrogen-bond donors (Lipinski definition) is 2. The Balaban J connectivity index is 1.40. The number of ketones is 1. The largest absolute Gasteiger partial charge is 0.469 e. The van der Waals surface area contributed by atoms with Crippen molar-refractivity contribution in [3.8, 4) is 0 Å². The van der Waals surface area contributed by atoms with Gasteiger partial charge in [-0.05, 0) is 75.2 Å². The Morgan fingerprint density at radius 2 is 1.82 bits per heavy atom. The summed E-state index contributed by atoms with van der Waals surface area (Å²) in [6, 6.07) is 0. The molecule has 218 valence electrons. The molecule has 2 N–H and O–H groups in total. The zero-order chi connectivity index (χ0) is 27.8. The molecular weight excluding hydrogens is 500 g/mol. The minimum absolute atomic E-state index is 0.0335. The maximum absolute atomic E-state index is 14.8. The number of hydrogen-bond acceptors (Lipinski definition) is 8. The molecule has 39 heavy (non-hydrogen) atoms. The molecule has 3 spiro atoms. The molecule has 0 radical (unpaired) electrons. The van der Waals surface area contributed by atoms with Gasteiger partial charge in [0, 0.05) is 24.4 Å². The summed E-state index contributed by atoms with van der Waals surface area (Å²) in [7, 11) is 0. The minimum Gasteiger partial charge on any atom is -0.469 e. The smallest absolute Gasteiger partial charge is 0.213 e. The van der Waals surface area contributed by atoms with Crippen LogP contribution in [0, 0.1) is 39.4 Å². The van der Waals surface area contributed by atoms with Crippen LogP contribution in [0.5, 0.6) is 0 Å². The van der Waals surface area contributed by atoms with Crippen LogP contribution in [0.1, 0.15) is 86.5 Å². The Labute approximate surface area is 231 Å². The van der Waals surface area contributed by atoms with Crippen LogP contribution in [0.25, 0.3) is 0 Å². The second-order valence-electron chi connectivity index (χ2n) is 15.1. The summed E-state index contributed by atoms with van der Waals surface area (Å²) in [6.45, 7) is 13.4. The Morgan fingerprint density at radius 1 is 1.05 bits per heavy atom. The van der Waals surface area contributed by atoms with E-state index in [1.54, 1.807) is 0 Å². The number of fused-ring (bicyclic) bond motifs is 1. The van der Waals surface area contributed by atoms with Crippen molar-refractivity contribution in [2.45, 2.75) is 117 Å². The standard InChI is InChI=1S/C31H46O8/c1-26(2)15-17-9-12-20(35-14-8-7-13-32)37-23(17)29-16-36-31(22(33)21(26)29)30-19(29)11-10-18(27(3,4)25(30)34)24(30)38-28(5,6)39-31/h18-22,24,32-33H,7-16H2,1-6H3. The fourth-order valence-corrected chi connectivity index (χ4v) is 10.8. The summed E-state index contributed by atoms with van der Waals surface area (Å²) in [5.74, 6) is -1.74. The van der Waals surface area contributed by atoms with Crippen LogP contribution < -0.4 is 0 Å². The molecule has 9 atom stereocenters. The highest BCUT2D eigenvalue weighted by atomic mass is 16.8. The summed E-state index contributed by atoms with van der Waals surface area (Å²) in [4.78, 5) is 14.8. The topological polar surface area (TPSA) is 104 Å². The number of Topliss-reactive ketones (excluding diaryl/α,β-unsaturated/α-hetero) is 1. The number of ether oxygens (including phenoxy) is 5. The summed E-state index contributed by atoms with van der Waals surface area (Å²) in [6.07, 6.45) is 3.88. The van der Waals surface area contributed by atoms with E-state index in [-0.39, 0.29) is 41.8 Å². The predicted molar refractivity (Wildman–Crippen MR) is 140 cm³/mol. The molecule has 4 heterocycles. The Kier molecular flexibility index (Phi) is 5.56. The minimum atomic E-state index is -1.45. The van der Waals surface area contributed by atoms with Gasteiger partial charge in [-0.2, -0.15) is 0 Å². The molecule has 8 heteroatoms. The lowest BCUT2D eigenvalue weighted by molar-refractivity contribution is -0.527. The zero-order valence-corrected chi connectivity index (χ0v) is 24.4. The number of aliphatic hydroxyl groups is 2. The highest BCUT2D eigenvalue weighted by molar-refractivity contribution is 5.96. The molecule has 0 aromatic heterocycles. The fraction of sp³-hybridized carbons (Fsp3) is 0.903. The van der Waals surface area contributed by atoms with Gasteiger partial charge in [0.25, 0.3) is 0 Å².